The number of azide groups is 1. The summed E-state index contributed by atoms with van der Waals surface area (Å²) in [5.41, 5.74) is 7.61. The molecule has 0 unspecified atom stereocenters. The molecule has 72 valence electrons. The van der Waals surface area contributed by atoms with Crippen LogP contribution < -0.4 is 0 Å². The van der Waals surface area contributed by atoms with Crippen LogP contribution in [0.4, 0.5) is 11.4 Å². The predicted octanol–water partition coefficient (Wildman–Crippen LogP) is 3.84. The third kappa shape index (κ3) is 2.05. The minimum absolute atomic E-state index is 0.0373. The minimum Gasteiger partial charge on any atom is -0.258 e. The fourth-order valence-corrected chi connectivity index (χ4v) is 1.12. The van der Waals surface area contributed by atoms with E-state index >= 15 is 0 Å². The van der Waals surface area contributed by atoms with Crippen LogP contribution in [0, 0.1) is 10.1 Å². The summed E-state index contributed by atoms with van der Waals surface area (Å²) in [5, 5.41) is 13.7. The summed E-state index contributed by atoms with van der Waals surface area (Å²) in [6, 6.07) is 2.18. The van der Waals surface area contributed by atoms with Crippen molar-refractivity contribution >= 4 is 34.6 Å². The van der Waals surface area contributed by atoms with E-state index in [-0.39, 0.29) is 21.4 Å². The maximum atomic E-state index is 10.5. The molecule has 0 aliphatic heterocycles. The Hall–Kier alpha value is -1.49. The molecule has 1 aromatic carbocycles. The second-order valence-corrected chi connectivity index (χ2v) is 3.02. The van der Waals surface area contributed by atoms with Gasteiger partial charge in [0.1, 0.15) is 5.69 Å². The number of halogens is 2. The van der Waals surface area contributed by atoms with Crippen molar-refractivity contribution in [3.05, 3.63) is 42.7 Å². The SMILES string of the molecule is [N-]=[N+]=Nc1cc(Cl)c(Cl)cc1[N+](=O)[O-]. The first-order valence-electron chi connectivity index (χ1n) is 3.25. The van der Waals surface area contributed by atoms with Gasteiger partial charge in [0, 0.05) is 11.0 Å². The average molecular weight is 233 g/mol. The van der Waals surface area contributed by atoms with E-state index in [1.165, 1.54) is 0 Å². The van der Waals surface area contributed by atoms with Crippen LogP contribution in [0.3, 0.4) is 0 Å². The number of hydrogen-bond donors (Lipinski definition) is 0. The summed E-state index contributed by atoms with van der Waals surface area (Å²) in [6.45, 7) is 0. The smallest absolute Gasteiger partial charge is 0.258 e. The van der Waals surface area contributed by atoms with Gasteiger partial charge in [-0.1, -0.05) is 28.3 Å². The van der Waals surface area contributed by atoms with Gasteiger partial charge in [-0.15, -0.1) is 0 Å². The molecule has 14 heavy (non-hydrogen) atoms. The molecule has 0 bridgehead atoms. The fourth-order valence-electron chi connectivity index (χ4n) is 0.800. The second-order valence-electron chi connectivity index (χ2n) is 2.20. The number of benzene rings is 1. The van der Waals surface area contributed by atoms with Gasteiger partial charge in [-0.05, 0) is 11.6 Å². The first kappa shape index (κ1) is 10.6. The van der Waals surface area contributed by atoms with E-state index in [4.69, 9.17) is 28.7 Å². The highest BCUT2D eigenvalue weighted by Gasteiger charge is 2.15. The highest BCUT2D eigenvalue weighted by Crippen LogP contribution is 2.35. The summed E-state index contributed by atoms with van der Waals surface area (Å²) in [7, 11) is 0. The van der Waals surface area contributed by atoms with Crippen LogP contribution in [-0.2, 0) is 0 Å². The third-order valence-corrected chi connectivity index (χ3v) is 2.09. The summed E-state index contributed by atoms with van der Waals surface area (Å²) in [5.74, 6) is 0. The molecule has 0 saturated heterocycles. The van der Waals surface area contributed by atoms with E-state index in [2.05, 4.69) is 10.0 Å². The van der Waals surface area contributed by atoms with E-state index in [9.17, 15) is 10.1 Å². The molecule has 0 heterocycles. The molecule has 0 aromatic heterocycles. The normalized spacial score (nSPS) is 9.29. The van der Waals surface area contributed by atoms with Crippen molar-refractivity contribution in [3.63, 3.8) is 0 Å². The molecule has 0 fully saturated rings. The first-order valence-corrected chi connectivity index (χ1v) is 4.00. The summed E-state index contributed by atoms with van der Waals surface area (Å²) < 4.78 is 0. The molecular formula is C6H2Cl2N4O2. The standard InChI is InChI=1S/C6H2Cl2N4O2/c7-3-1-5(10-11-9)6(12(13)14)2-4(3)8/h1-2H. The lowest BCUT2D eigenvalue weighted by Gasteiger charge is -1.98. The lowest BCUT2D eigenvalue weighted by Crippen LogP contribution is -1.88. The van der Waals surface area contributed by atoms with Crippen LogP contribution in [0.5, 0.6) is 0 Å². The van der Waals surface area contributed by atoms with Crippen molar-refractivity contribution in [2.75, 3.05) is 0 Å². The molecule has 0 amide bonds. The van der Waals surface area contributed by atoms with Crippen LogP contribution in [0.15, 0.2) is 17.2 Å². The van der Waals surface area contributed by atoms with Crippen molar-refractivity contribution in [1.82, 2.24) is 0 Å². The molecule has 0 radical (unpaired) electrons. The van der Waals surface area contributed by atoms with Crippen LogP contribution >= 0.6 is 23.2 Å². The maximum absolute atomic E-state index is 10.5. The Kier molecular flexibility index (Phi) is 3.14. The molecule has 8 heteroatoms. The van der Waals surface area contributed by atoms with Gasteiger partial charge >= 0.3 is 0 Å². The Labute approximate surface area is 87.8 Å². The van der Waals surface area contributed by atoms with Crippen molar-refractivity contribution in [1.29, 1.82) is 0 Å². The topological polar surface area (TPSA) is 91.9 Å². The highest BCUT2D eigenvalue weighted by atomic mass is 35.5. The summed E-state index contributed by atoms with van der Waals surface area (Å²) in [6.07, 6.45) is 0. The van der Waals surface area contributed by atoms with E-state index in [0.29, 0.717) is 0 Å². The Balaban J connectivity index is 3.45. The predicted molar refractivity (Wildman–Crippen MR) is 51.9 cm³/mol. The molecular weight excluding hydrogens is 231 g/mol. The van der Waals surface area contributed by atoms with Crippen LogP contribution in [0.1, 0.15) is 0 Å². The van der Waals surface area contributed by atoms with Gasteiger partial charge in [-0.2, -0.15) is 0 Å². The Morgan fingerprint density at radius 2 is 2.00 bits per heavy atom. The average Bonchev–Trinajstić information content (AvgIpc) is 2.11. The molecule has 1 rings (SSSR count). The lowest BCUT2D eigenvalue weighted by molar-refractivity contribution is -0.384. The van der Waals surface area contributed by atoms with Gasteiger partial charge in [-0.25, -0.2) is 0 Å². The van der Waals surface area contributed by atoms with Crippen molar-refractivity contribution in [2.45, 2.75) is 0 Å². The molecule has 0 spiro atoms. The van der Waals surface area contributed by atoms with Gasteiger partial charge in [0.15, 0.2) is 0 Å². The summed E-state index contributed by atoms with van der Waals surface area (Å²) in [4.78, 5) is 12.2. The first-order chi connectivity index (χ1) is 6.56. The van der Waals surface area contributed by atoms with Gasteiger partial charge in [0.2, 0.25) is 0 Å². The Morgan fingerprint density at radius 1 is 1.43 bits per heavy atom. The number of nitro benzene ring substituents is 1. The van der Waals surface area contributed by atoms with Crippen LogP contribution in [0.25, 0.3) is 10.4 Å². The Morgan fingerprint density at radius 3 is 2.50 bits per heavy atom. The largest absolute Gasteiger partial charge is 0.280 e. The van der Waals surface area contributed by atoms with Gasteiger partial charge in [-0.3, -0.25) is 10.1 Å². The quantitative estimate of drug-likeness (QED) is 0.255. The second kappa shape index (κ2) is 4.15. The maximum Gasteiger partial charge on any atom is 0.280 e. The van der Waals surface area contributed by atoms with Crippen molar-refractivity contribution < 1.29 is 4.92 Å². The molecule has 0 atom stereocenters. The number of nitro groups is 1. The molecule has 0 saturated carbocycles. The third-order valence-electron chi connectivity index (χ3n) is 1.37. The molecule has 6 nitrogen and oxygen atoms in total. The zero-order valence-corrected chi connectivity index (χ0v) is 8.03. The highest BCUT2D eigenvalue weighted by molar-refractivity contribution is 6.42. The fraction of sp³-hybridized carbons (Fsp3) is 0. The van der Waals surface area contributed by atoms with Gasteiger partial charge in [0.25, 0.3) is 5.69 Å². The molecule has 0 aliphatic rings. The van der Waals surface area contributed by atoms with Crippen LogP contribution in [-0.4, -0.2) is 4.92 Å². The van der Waals surface area contributed by atoms with Gasteiger partial charge in [0.05, 0.1) is 15.0 Å². The molecule has 1 aromatic rings. The van der Waals surface area contributed by atoms with E-state index in [0.717, 1.165) is 12.1 Å². The van der Waals surface area contributed by atoms with E-state index in [1.807, 2.05) is 0 Å². The van der Waals surface area contributed by atoms with E-state index < -0.39 is 4.92 Å². The zero-order valence-electron chi connectivity index (χ0n) is 6.52. The van der Waals surface area contributed by atoms with Gasteiger partial charge < -0.3 is 0 Å². The Bertz CT molecular complexity index is 415. The number of nitrogens with zero attached hydrogens (tertiary/aromatic N) is 4. The van der Waals surface area contributed by atoms with E-state index in [1.54, 1.807) is 0 Å². The number of hydrogen-bond acceptors (Lipinski definition) is 3. The monoisotopic (exact) mass is 232 g/mol. The molecule has 0 aliphatic carbocycles. The number of rotatable bonds is 2. The zero-order chi connectivity index (χ0) is 10.7. The van der Waals surface area contributed by atoms with Crippen LogP contribution in [0.2, 0.25) is 10.0 Å². The summed E-state index contributed by atoms with van der Waals surface area (Å²) >= 11 is 11.1. The molecule has 0 N–H and O–H groups in total. The van der Waals surface area contributed by atoms with Crippen molar-refractivity contribution in [3.8, 4) is 0 Å². The minimum atomic E-state index is -0.702. The lowest BCUT2D eigenvalue weighted by atomic mass is 10.3. The van der Waals surface area contributed by atoms with Crippen molar-refractivity contribution in [2.24, 2.45) is 5.11 Å².